The van der Waals surface area contributed by atoms with Gasteiger partial charge in [-0.3, -0.25) is 67.1 Å². The Morgan fingerprint density at radius 3 is 1.32 bits per heavy atom. The summed E-state index contributed by atoms with van der Waals surface area (Å²) in [5.74, 6) is -13.2. The summed E-state index contributed by atoms with van der Waals surface area (Å²) in [5, 5.41) is 62.7. The Kier molecular flexibility index (Phi) is 37.3. The third-order valence-electron chi connectivity index (χ3n) is 19.0. The zero-order valence-electron chi connectivity index (χ0n) is 63.5. The molecule has 2 heterocycles. The van der Waals surface area contributed by atoms with Gasteiger partial charge in [0, 0.05) is 59.9 Å². The molecule has 1 unspecified atom stereocenters. The molecule has 0 aliphatic heterocycles. The molecular weight excluding hydrogens is 1440 g/mol. The van der Waals surface area contributed by atoms with Crippen molar-refractivity contribution in [3.63, 3.8) is 0 Å². The van der Waals surface area contributed by atoms with Crippen LogP contribution in [0.25, 0.3) is 21.8 Å². The number of aromatic amines is 2. The van der Waals surface area contributed by atoms with E-state index in [-0.39, 0.29) is 95.5 Å². The highest BCUT2D eigenvalue weighted by Gasteiger charge is 2.38. The minimum absolute atomic E-state index is 0.0255. The molecule has 0 bridgehead atoms. The lowest BCUT2D eigenvalue weighted by atomic mass is 9.97. The maximum Gasteiger partial charge on any atom is 0.245 e. The molecule has 14 amide bonds. The zero-order valence-corrected chi connectivity index (χ0v) is 63.5. The van der Waals surface area contributed by atoms with Crippen molar-refractivity contribution >= 4 is 105 Å². The summed E-state index contributed by atoms with van der Waals surface area (Å²) in [5.41, 5.74) is 31.4. The number of carbonyl (C=O) groups excluding carboxylic acids is 14. The molecule has 36 nitrogen and oxygen atoms in total. The van der Waals surface area contributed by atoms with E-state index >= 15 is 0 Å². The smallest absolute Gasteiger partial charge is 0.245 e. The highest BCUT2D eigenvalue weighted by molar-refractivity contribution is 6.01. The van der Waals surface area contributed by atoms with Crippen LogP contribution in [0.1, 0.15) is 129 Å². The van der Waals surface area contributed by atoms with E-state index in [0.29, 0.717) is 51.3 Å². The molecular formula is C75H111N19O17. The molecule has 36 heteroatoms. The Bertz CT molecular complexity index is 3980. The van der Waals surface area contributed by atoms with Crippen LogP contribution < -0.4 is 92.5 Å². The van der Waals surface area contributed by atoms with Crippen LogP contribution in [0, 0.1) is 11.8 Å². The summed E-state index contributed by atoms with van der Waals surface area (Å²) >= 11 is 0. The molecule has 3 aromatic carbocycles. The number of aliphatic hydroxyl groups is 2. The number of hydrogen-bond donors (Lipinski definition) is 22. The average molecular weight is 1550 g/mol. The number of rotatable bonds is 49. The van der Waals surface area contributed by atoms with Gasteiger partial charge in [-0.15, -0.1) is 0 Å². The Labute approximate surface area is 643 Å². The number of amides is 14. The number of aromatic nitrogens is 2. The van der Waals surface area contributed by atoms with Crippen LogP contribution >= 0.6 is 0 Å². The molecule has 0 spiro atoms. The van der Waals surface area contributed by atoms with Crippen LogP contribution in [0.3, 0.4) is 0 Å². The maximum absolute atomic E-state index is 15.0. The van der Waals surface area contributed by atoms with Gasteiger partial charge in [0.25, 0.3) is 0 Å². The van der Waals surface area contributed by atoms with E-state index in [2.05, 4.69) is 73.8 Å². The summed E-state index contributed by atoms with van der Waals surface area (Å²) in [6.45, 7) is 8.31. The van der Waals surface area contributed by atoms with E-state index in [1.54, 1.807) is 74.8 Å². The summed E-state index contributed by atoms with van der Waals surface area (Å²) < 4.78 is 0. The number of aromatic hydroxyl groups is 1. The molecule has 0 aliphatic rings. The molecule has 0 aliphatic carbocycles. The summed E-state index contributed by atoms with van der Waals surface area (Å²) in [7, 11) is 0. The van der Waals surface area contributed by atoms with Gasteiger partial charge in [-0.25, -0.2) is 0 Å². The van der Waals surface area contributed by atoms with Gasteiger partial charge in [-0.05, 0) is 131 Å². The fourth-order valence-corrected chi connectivity index (χ4v) is 11.9. The van der Waals surface area contributed by atoms with E-state index in [1.807, 2.05) is 13.8 Å². The standard InChI is InChI=1S/C75H111N19O17/c1-7-40(3)23-28-61(99)85-58(35-60(79)98)72(108)90-55(32-44-24-26-47(97)27-25-44)70(106)92-56(33-45-36-81-50-18-11-9-16-48(45)50)71(107)89-54(22-15-31-78)68(104)88-52(20-13-29-76)67(103)84-42(5)66(102)87-53(21-14-30-77)69(105)91-57(34-46-37-82-51-19-12-10-17-49(46)51)73(109)94-64(43(6)96)75(111)93-63(41(4)8-2)74(110)83-38-62(100)86-59(39-95)65(80)101/h9-12,16-19,24-27,36-37,40-43,52-59,63-64,81-82,95-97H,7-8,13-15,20-23,28-35,38-39,76-78H2,1-6H3,(H2,79,98)(H2,80,101)(H,83,110)(H,84,103)(H,85,99)(H,86,100)(H,87,102)(H,88,104)(H,89,107)(H,90,108)(H,91,105)(H,92,106)(H,93,111)(H,94,109)/t40?,41-,42-,43+,52-,53+,54+,55+,56+,57-,58+,59-,63-,64-/m0/s1. The number of fused-ring (bicyclic) bond motifs is 2. The Balaban J connectivity index is 1.38. The van der Waals surface area contributed by atoms with Crippen LogP contribution in [-0.2, 0) is 86.4 Å². The SMILES string of the molecule is CCC(C)CCC(=O)N[C@H](CC(N)=O)C(=O)N[C@H](Cc1ccc(O)cc1)C(=O)N[C@H](Cc1c[nH]c2ccccc12)C(=O)N[C@H](CCCN)C(=O)N[C@@H](CCCN)C(=O)N[C@@H](C)C(=O)N[C@H](CCCN)C(=O)N[C@@H](Cc1c[nH]c2ccccc12)C(=O)N[C@H](C(=O)N[C@H](C(=O)NCC(=O)N[C@@H](CO)C(N)=O)[C@@H](C)CC)[C@@H](C)O. The van der Waals surface area contributed by atoms with E-state index in [4.69, 9.17) is 28.7 Å². The van der Waals surface area contributed by atoms with Crippen molar-refractivity contribution in [1.82, 2.24) is 73.8 Å². The Hall–Kier alpha value is -11.1. The number of hydrogen-bond acceptors (Lipinski definition) is 20. The number of aliphatic hydroxyl groups excluding tert-OH is 2. The molecule has 111 heavy (non-hydrogen) atoms. The lowest BCUT2D eigenvalue weighted by Crippen LogP contribution is -2.62. The summed E-state index contributed by atoms with van der Waals surface area (Å²) in [6, 6.07) is 3.40. The lowest BCUT2D eigenvalue weighted by Gasteiger charge is -2.29. The van der Waals surface area contributed by atoms with Crippen molar-refractivity contribution in [3.8, 4) is 5.75 Å². The molecule has 0 fully saturated rings. The van der Waals surface area contributed by atoms with Crippen LogP contribution in [0.4, 0.5) is 0 Å². The van der Waals surface area contributed by atoms with Gasteiger partial charge in [-0.1, -0.05) is 89.1 Å². The van der Waals surface area contributed by atoms with Crippen molar-refractivity contribution in [2.45, 2.75) is 204 Å². The number of carbonyl (C=O) groups is 14. The molecule has 5 rings (SSSR count). The van der Waals surface area contributed by atoms with Crippen molar-refractivity contribution < 1.29 is 82.4 Å². The first-order valence-corrected chi connectivity index (χ1v) is 37.3. The number of nitrogens with one attached hydrogen (secondary N) is 14. The predicted molar refractivity (Wildman–Crippen MR) is 411 cm³/mol. The number of H-pyrrole nitrogens is 2. The number of primary amides is 2. The molecule has 5 aromatic rings. The first kappa shape index (κ1) is 90.5. The van der Waals surface area contributed by atoms with Crippen LogP contribution in [0.5, 0.6) is 5.75 Å². The number of phenolic OH excluding ortho intramolecular Hbond substituents is 1. The quantitative estimate of drug-likeness (QED) is 0.0181. The van der Waals surface area contributed by atoms with E-state index in [1.165, 1.54) is 38.1 Å². The molecule has 0 radical (unpaired) electrons. The number of benzene rings is 3. The first-order chi connectivity index (χ1) is 52.8. The van der Waals surface area contributed by atoms with Gasteiger partial charge in [-0.2, -0.15) is 0 Å². The predicted octanol–water partition coefficient (Wildman–Crippen LogP) is -3.33. The number of para-hydroxylation sites is 2. The fraction of sp³-hybridized carbons (Fsp3) is 0.520. The minimum atomic E-state index is -1.78. The second kappa shape index (κ2) is 45.8. The van der Waals surface area contributed by atoms with E-state index in [9.17, 15) is 82.4 Å². The van der Waals surface area contributed by atoms with Crippen LogP contribution in [0.15, 0.2) is 85.2 Å². The third-order valence-corrected chi connectivity index (χ3v) is 19.0. The highest BCUT2D eigenvalue weighted by atomic mass is 16.3. The number of nitrogens with two attached hydrogens (primary N) is 5. The topological polar surface area (TPSA) is 606 Å². The van der Waals surface area contributed by atoms with Crippen molar-refractivity contribution in [2.75, 3.05) is 32.8 Å². The molecule has 608 valence electrons. The molecule has 14 atom stereocenters. The van der Waals surface area contributed by atoms with Crippen molar-refractivity contribution in [3.05, 3.63) is 102 Å². The largest absolute Gasteiger partial charge is 0.508 e. The third kappa shape index (κ3) is 29.0. The fourth-order valence-electron chi connectivity index (χ4n) is 11.9. The lowest BCUT2D eigenvalue weighted by molar-refractivity contribution is -0.137. The first-order valence-electron chi connectivity index (χ1n) is 37.3. The Morgan fingerprint density at radius 1 is 0.441 bits per heavy atom. The second-order valence-electron chi connectivity index (χ2n) is 27.8. The Morgan fingerprint density at radius 2 is 0.865 bits per heavy atom. The van der Waals surface area contributed by atoms with Gasteiger partial charge in [0.05, 0.1) is 25.7 Å². The maximum atomic E-state index is 15.0. The highest BCUT2D eigenvalue weighted by Crippen LogP contribution is 2.23. The van der Waals surface area contributed by atoms with Crippen LogP contribution in [-0.4, -0.2) is 213 Å². The van der Waals surface area contributed by atoms with Gasteiger partial charge in [0.2, 0.25) is 82.7 Å². The van der Waals surface area contributed by atoms with Crippen molar-refractivity contribution in [1.29, 1.82) is 0 Å². The van der Waals surface area contributed by atoms with Crippen LogP contribution in [0.2, 0.25) is 0 Å². The van der Waals surface area contributed by atoms with Gasteiger partial charge >= 0.3 is 0 Å². The van der Waals surface area contributed by atoms with Gasteiger partial charge in [0.15, 0.2) is 0 Å². The monoisotopic (exact) mass is 1550 g/mol. The van der Waals surface area contributed by atoms with Gasteiger partial charge < -0.3 is 118 Å². The molecule has 2 aromatic heterocycles. The number of phenols is 1. The summed E-state index contributed by atoms with van der Waals surface area (Å²) in [4.78, 5) is 200. The normalized spacial score (nSPS) is 15.1. The molecule has 27 N–H and O–H groups in total. The van der Waals surface area contributed by atoms with Gasteiger partial charge in [0.1, 0.15) is 72.2 Å². The average Bonchev–Trinajstić information content (AvgIpc) is 1.73. The second-order valence-corrected chi connectivity index (χ2v) is 27.8. The van der Waals surface area contributed by atoms with Crippen molar-refractivity contribution in [2.24, 2.45) is 40.5 Å². The van der Waals surface area contributed by atoms with E-state index in [0.717, 1.165) is 6.42 Å². The minimum Gasteiger partial charge on any atom is -0.508 e. The molecule has 0 saturated heterocycles. The molecule has 0 saturated carbocycles. The van der Waals surface area contributed by atoms with E-state index < -0.39 is 181 Å². The summed E-state index contributed by atoms with van der Waals surface area (Å²) in [6.07, 6.45) is 1.99. The zero-order chi connectivity index (χ0) is 82.0.